The molecule has 0 spiro atoms. The third kappa shape index (κ3) is 4.09. The lowest BCUT2D eigenvalue weighted by atomic mass is 9.98. The molecule has 0 radical (unpaired) electrons. The highest BCUT2D eigenvalue weighted by Gasteiger charge is 2.39. The lowest BCUT2D eigenvalue weighted by Gasteiger charge is -2.26. The van der Waals surface area contributed by atoms with Crippen molar-refractivity contribution in [3.05, 3.63) is 0 Å². The van der Waals surface area contributed by atoms with Gasteiger partial charge >= 0.3 is 0 Å². The highest BCUT2D eigenvalue weighted by atomic mass is 32.2. The highest BCUT2D eigenvalue weighted by molar-refractivity contribution is 7.91. The van der Waals surface area contributed by atoms with Crippen LogP contribution in [0.25, 0.3) is 0 Å². The predicted molar refractivity (Wildman–Crippen MR) is 62.7 cm³/mol. The second-order valence-electron chi connectivity index (χ2n) is 5.62. The number of hydrogen-bond acceptors (Lipinski definition) is 4. The van der Waals surface area contributed by atoms with Crippen molar-refractivity contribution >= 4 is 15.7 Å². The Morgan fingerprint density at radius 3 is 2.44 bits per heavy atom. The lowest BCUT2D eigenvalue weighted by molar-refractivity contribution is -0.123. The molecule has 1 fully saturated rings. The van der Waals surface area contributed by atoms with Gasteiger partial charge < -0.3 is 11.1 Å². The smallest absolute Gasteiger partial charge is 0.222 e. The van der Waals surface area contributed by atoms with E-state index in [0.717, 1.165) is 0 Å². The van der Waals surface area contributed by atoms with Gasteiger partial charge in [-0.1, -0.05) is 0 Å². The molecule has 0 saturated carbocycles. The molecule has 16 heavy (non-hydrogen) atoms. The summed E-state index contributed by atoms with van der Waals surface area (Å²) >= 11 is 0. The molecule has 1 amide bonds. The first-order chi connectivity index (χ1) is 7.02. The Morgan fingerprint density at radius 2 is 2.06 bits per heavy atom. The van der Waals surface area contributed by atoms with Crippen LogP contribution in [0.4, 0.5) is 0 Å². The summed E-state index contributed by atoms with van der Waals surface area (Å²) in [7, 11) is -2.99. The summed E-state index contributed by atoms with van der Waals surface area (Å²) in [4.78, 5) is 11.6. The van der Waals surface area contributed by atoms with Crippen LogP contribution in [0.3, 0.4) is 0 Å². The standard InChI is InChI=1S/C10H20N2O3S/c1-9(2,11)6-8(13)12-10(3)4-5-16(14,15)7-10/h4-7,11H2,1-3H3,(H,12,13). The Balaban J connectivity index is 2.59. The van der Waals surface area contributed by atoms with Gasteiger partial charge in [-0.05, 0) is 27.2 Å². The molecular formula is C10H20N2O3S. The van der Waals surface area contributed by atoms with Crippen LogP contribution in [0.1, 0.15) is 33.6 Å². The second kappa shape index (κ2) is 4.00. The molecule has 1 atom stereocenters. The molecule has 6 heteroatoms. The number of sulfone groups is 1. The molecule has 0 bridgehead atoms. The van der Waals surface area contributed by atoms with Gasteiger partial charge in [-0.3, -0.25) is 4.79 Å². The maximum Gasteiger partial charge on any atom is 0.222 e. The third-order valence-electron chi connectivity index (χ3n) is 2.56. The number of nitrogens with two attached hydrogens (primary N) is 1. The number of carbonyl (C=O) groups excluding carboxylic acids is 1. The van der Waals surface area contributed by atoms with Crippen molar-refractivity contribution in [1.29, 1.82) is 0 Å². The van der Waals surface area contributed by atoms with Gasteiger partial charge in [0.2, 0.25) is 5.91 Å². The molecule has 1 unspecified atom stereocenters. The van der Waals surface area contributed by atoms with Gasteiger partial charge in [-0.15, -0.1) is 0 Å². The van der Waals surface area contributed by atoms with E-state index in [4.69, 9.17) is 5.73 Å². The van der Waals surface area contributed by atoms with Crippen LogP contribution in [0.15, 0.2) is 0 Å². The van der Waals surface area contributed by atoms with Crippen molar-refractivity contribution < 1.29 is 13.2 Å². The van der Waals surface area contributed by atoms with E-state index in [9.17, 15) is 13.2 Å². The van der Waals surface area contributed by atoms with E-state index in [1.807, 2.05) is 0 Å². The lowest BCUT2D eigenvalue weighted by Crippen LogP contribution is -2.49. The first kappa shape index (κ1) is 13.4. The topological polar surface area (TPSA) is 89.3 Å². The van der Waals surface area contributed by atoms with Crippen LogP contribution in [0.2, 0.25) is 0 Å². The fraction of sp³-hybridized carbons (Fsp3) is 0.900. The zero-order valence-corrected chi connectivity index (χ0v) is 10.9. The largest absolute Gasteiger partial charge is 0.350 e. The Kier molecular flexibility index (Phi) is 3.36. The van der Waals surface area contributed by atoms with Crippen LogP contribution in [-0.4, -0.2) is 36.9 Å². The molecule has 1 aliphatic rings. The third-order valence-corrected chi connectivity index (χ3v) is 4.46. The maximum absolute atomic E-state index is 11.6. The maximum atomic E-state index is 11.6. The zero-order valence-electron chi connectivity index (χ0n) is 10.0. The van der Waals surface area contributed by atoms with Crippen molar-refractivity contribution in [2.24, 2.45) is 5.73 Å². The summed E-state index contributed by atoms with van der Waals surface area (Å²) in [5, 5.41) is 2.77. The van der Waals surface area contributed by atoms with Crippen molar-refractivity contribution in [3.8, 4) is 0 Å². The van der Waals surface area contributed by atoms with E-state index in [0.29, 0.717) is 6.42 Å². The van der Waals surface area contributed by atoms with Crippen molar-refractivity contribution in [2.75, 3.05) is 11.5 Å². The fourth-order valence-electron chi connectivity index (χ4n) is 1.90. The average molecular weight is 248 g/mol. The van der Waals surface area contributed by atoms with Gasteiger partial charge in [0.25, 0.3) is 0 Å². The van der Waals surface area contributed by atoms with E-state index in [-0.39, 0.29) is 23.8 Å². The van der Waals surface area contributed by atoms with Crippen LogP contribution in [0, 0.1) is 0 Å². The molecule has 1 heterocycles. The Bertz CT molecular complexity index is 383. The molecule has 1 saturated heterocycles. The van der Waals surface area contributed by atoms with Crippen LogP contribution >= 0.6 is 0 Å². The van der Waals surface area contributed by atoms with Crippen molar-refractivity contribution in [1.82, 2.24) is 5.32 Å². The van der Waals surface area contributed by atoms with Gasteiger partial charge in [-0.25, -0.2) is 8.42 Å². The summed E-state index contributed by atoms with van der Waals surface area (Å²) in [5.74, 6) is -0.0147. The molecule has 94 valence electrons. The minimum Gasteiger partial charge on any atom is -0.350 e. The zero-order chi connectivity index (χ0) is 12.6. The summed E-state index contributed by atoms with van der Waals surface area (Å²) in [6.07, 6.45) is 0.675. The highest BCUT2D eigenvalue weighted by Crippen LogP contribution is 2.23. The average Bonchev–Trinajstić information content (AvgIpc) is 2.19. The monoisotopic (exact) mass is 248 g/mol. The summed E-state index contributed by atoms with van der Waals surface area (Å²) in [6, 6.07) is 0. The predicted octanol–water partition coefficient (Wildman–Crippen LogP) is -0.193. The molecule has 0 aromatic heterocycles. The van der Waals surface area contributed by atoms with Gasteiger partial charge in [-0.2, -0.15) is 0 Å². The van der Waals surface area contributed by atoms with E-state index >= 15 is 0 Å². The first-order valence-electron chi connectivity index (χ1n) is 5.32. The number of nitrogens with one attached hydrogen (secondary N) is 1. The molecule has 1 rings (SSSR count). The number of hydrogen-bond donors (Lipinski definition) is 2. The molecule has 1 aliphatic heterocycles. The summed E-state index contributed by atoms with van der Waals surface area (Å²) in [5.41, 5.74) is 4.53. The molecule has 5 nitrogen and oxygen atoms in total. The van der Waals surface area contributed by atoms with E-state index in [1.54, 1.807) is 20.8 Å². The van der Waals surface area contributed by atoms with Crippen LogP contribution in [-0.2, 0) is 14.6 Å². The van der Waals surface area contributed by atoms with Crippen molar-refractivity contribution in [2.45, 2.75) is 44.7 Å². The molecular weight excluding hydrogens is 228 g/mol. The SMILES string of the molecule is CC(C)(N)CC(=O)NC1(C)CCS(=O)(=O)C1. The molecule has 0 aliphatic carbocycles. The number of carbonyl (C=O) groups is 1. The van der Waals surface area contributed by atoms with Crippen LogP contribution in [0.5, 0.6) is 0 Å². The van der Waals surface area contributed by atoms with Gasteiger partial charge in [0, 0.05) is 12.0 Å². The molecule has 0 aromatic rings. The van der Waals surface area contributed by atoms with Crippen molar-refractivity contribution in [3.63, 3.8) is 0 Å². The van der Waals surface area contributed by atoms with E-state index in [2.05, 4.69) is 5.32 Å². The number of amides is 1. The quantitative estimate of drug-likeness (QED) is 0.724. The minimum absolute atomic E-state index is 0.0245. The Morgan fingerprint density at radius 1 is 1.50 bits per heavy atom. The fourth-order valence-corrected chi connectivity index (χ4v) is 4.00. The van der Waals surface area contributed by atoms with Gasteiger partial charge in [0.1, 0.15) is 0 Å². The van der Waals surface area contributed by atoms with E-state index in [1.165, 1.54) is 0 Å². The normalized spacial score (nSPS) is 29.0. The van der Waals surface area contributed by atoms with E-state index < -0.39 is 20.9 Å². The number of rotatable bonds is 3. The van der Waals surface area contributed by atoms with Crippen LogP contribution < -0.4 is 11.1 Å². The Labute approximate surface area is 96.7 Å². The second-order valence-corrected chi connectivity index (χ2v) is 7.80. The summed E-state index contributed by atoms with van der Waals surface area (Å²) < 4.78 is 22.7. The van der Waals surface area contributed by atoms with Gasteiger partial charge in [0.05, 0.1) is 17.0 Å². The minimum atomic E-state index is -2.99. The Hall–Kier alpha value is -0.620. The first-order valence-corrected chi connectivity index (χ1v) is 7.14. The summed E-state index contributed by atoms with van der Waals surface area (Å²) in [6.45, 7) is 5.29. The molecule has 0 aromatic carbocycles. The van der Waals surface area contributed by atoms with Gasteiger partial charge in [0.15, 0.2) is 9.84 Å². The molecule has 3 N–H and O–H groups in total.